The lowest BCUT2D eigenvalue weighted by atomic mass is 10.3. The maximum Gasteiger partial charge on any atom is 0.407 e. The molecule has 7 heteroatoms. The van der Waals surface area contributed by atoms with E-state index in [1.165, 1.54) is 26.4 Å². The molecule has 1 heterocycles. The maximum atomic E-state index is 11.0. The summed E-state index contributed by atoms with van der Waals surface area (Å²) in [7, 11) is 2.45. The number of carbonyl (C=O) groups excluding carboxylic acids is 1. The van der Waals surface area contributed by atoms with Gasteiger partial charge in [-0.3, -0.25) is 0 Å². The van der Waals surface area contributed by atoms with Crippen LogP contribution in [0.15, 0.2) is 12.1 Å². The summed E-state index contributed by atoms with van der Waals surface area (Å²) in [6.45, 7) is 4.00. The fourth-order valence-electron chi connectivity index (χ4n) is 0.944. The zero-order valence-corrected chi connectivity index (χ0v) is 10.1. The molecule has 0 unspecified atom stereocenters. The molecular weight excluding hydrogens is 228 g/mol. The van der Waals surface area contributed by atoms with Crippen LogP contribution in [0.2, 0.25) is 0 Å². The Labute approximate surface area is 98.5 Å². The molecule has 0 saturated carbocycles. The van der Waals surface area contributed by atoms with Crippen LogP contribution in [0.4, 0.5) is 5.82 Å². The van der Waals surface area contributed by atoms with Gasteiger partial charge in [0.15, 0.2) is 0 Å². The molecule has 0 aliphatic rings. The summed E-state index contributed by atoms with van der Waals surface area (Å²) < 4.78 is 9.10. The molecule has 0 radical (unpaired) electrons. The smallest absolute Gasteiger partial charge is 0.407 e. The number of pyridine rings is 1. The van der Waals surface area contributed by atoms with Crippen LogP contribution in [0, 0.1) is 10.1 Å². The van der Waals surface area contributed by atoms with Crippen LogP contribution in [0.25, 0.3) is 0 Å². The maximum absolute atomic E-state index is 11.0. The Balaban J connectivity index is 0.00000121. The Morgan fingerprint density at radius 3 is 2.35 bits per heavy atom. The zero-order valence-electron chi connectivity index (χ0n) is 10.1. The molecule has 0 fully saturated rings. The lowest BCUT2D eigenvalue weighted by molar-refractivity contribution is -0.390. The summed E-state index contributed by atoms with van der Waals surface area (Å²) in [5.74, 6) is -1.26. The van der Waals surface area contributed by atoms with Crippen LogP contribution in [-0.2, 0) is 4.74 Å². The number of hydrogen-bond donors (Lipinski definition) is 0. The van der Waals surface area contributed by atoms with E-state index in [4.69, 9.17) is 4.74 Å². The summed E-state index contributed by atoms with van der Waals surface area (Å²) >= 11 is 0. The van der Waals surface area contributed by atoms with Crippen LogP contribution in [0.1, 0.15) is 24.3 Å². The van der Waals surface area contributed by atoms with Crippen molar-refractivity contribution in [2.24, 2.45) is 0 Å². The molecule has 0 aliphatic carbocycles. The van der Waals surface area contributed by atoms with Crippen molar-refractivity contribution >= 4 is 11.8 Å². The third-order valence-electron chi connectivity index (χ3n) is 1.63. The van der Waals surface area contributed by atoms with E-state index in [9.17, 15) is 14.9 Å². The van der Waals surface area contributed by atoms with Gasteiger partial charge < -0.3 is 19.6 Å². The number of methoxy groups -OCH3 is 2. The van der Waals surface area contributed by atoms with Crippen molar-refractivity contribution in [3.63, 3.8) is 0 Å². The molecule has 0 N–H and O–H groups in total. The lowest BCUT2D eigenvalue weighted by Crippen LogP contribution is -2.06. The third kappa shape index (κ3) is 3.71. The first-order valence-electron chi connectivity index (χ1n) is 4.88. The lowest BCUT2D eigenvalue weighted by Gasteiger charge is -2.01. The van der Waals surface area contributed by atoms with E-state index in [-0.39, 0.29) is 11.4 Å². The van der Waals surface area contributed by atoms with Gasteiger partial charge in [-0.1, -0.05) is 13.8 Å². The van der Waals surface area contributed by atoms with Gasteiger partial charge in [-0.25, -0.2) is 4.79 Å². The topological polar surface area (TPSA) is 91.6 Å². The predicted molar refractivity (Wildman–Crippen MR) is 60.1 cm³/mol. The summed E-state index contributed by atoms with van der Waals surface area (Å²) in [5, 5.41) is 10.6. The molecular formula is C10H14N2O5. The van der Waals surface area contributed by atoms with E-state index in [0.717, 1.165) is 0 Å². The minimum Gasteiger partial charge on any atom is -0.489 e. The Morgan fingerprint density at radius 1 is 1.35 bits per heavy atom. The summed E-state index contributed by atoms with van der Waals surface area (Å²) in [4.78, 5) is 24.4. The highest BCUT2D eigenvalue weighted by atomic mass is 16.6. The van der Waals surface area contributed by atoms with Gasteiger partial charge in [0.25, 0.3) is 5.69 Å². The fraction of sp³-hybridized carbons (Fsp3) is 0.400. The highest BCUT2D eigenvalue weighted by Gasteiger charge is 2.22. The van der Waals surface area contributed by atoms with Crippen LogP contribution < -0.4 is 4.74 Å². The highest BCUT2D eigenvalue weighted by molar-refractivity contribution is 5.87. The number of rotatable bonds is 3. The summed E-state index contributed by atoms with van der Waals surface area (Å²) in [6.07, 6.45) is 0. The van der Waals surface area contributed by atoms with Gasteiger partial charge in [0.1, 0.15) is 0 Å². The predicted octanol–water partition coefficient (Wildman–Crippen LogP) is 1.81. The van der Waals surface area contributed by atoms with Crippen LogP contribution in [0.3, 0.4) is 0 Å². The van der Waals surface area contributed by atoms with Crippen LogP contribution in [-0.4, -0.2) is 30.1 Å². The largest absolute Gasteiger partial charge is 0.489 e. The number of nitro groups is 1. The summed E-state index contributed by atoms with van der Waals surface area (Å²) in [5.41, 5.74) is -0.134. The van der Waals surface area contributed by atoms with Crippen molar-refractivity contribution in [3.05, 3.63) is 27.9 Å². The highest BCUT2D eigenvalue weighted by Crippen LogP contribution is 2.23. The van der Waals surface area contributed by atoms with E-state index >= 15 is 0 Å². The van der Waals surface area contributed by atoms with Crippen molar-refractivity contribution < 1.29 is 19.2 Å². The monoisotopic (exact) mass is 242 g/mol. The van der Waals surface area contributed by atoms with Crippen molar-refractivity contribution in [1.29, 1.82) is 0 Å². The average Bonchev–Trinajstić information content (AvgIpc) is 2.39. The number of ether oxygens (including phenoxy) is 2. The quantitative estimate of drug-likeness (QED) is 0.456. The molecule has 0 spiro atoms. The van der Waals surface area contributed by atoms with Gasteiger partial charge in [0.05, 0.1) is 14.2 Å². The third-order valence-corrected chi connectivity index (χ3v) is 1.63. The molecule has 0 atom stereocenters. The molecule has 0 aliphatic heterocycles. The first kappa shape index (κ1) is 14.8. The van der Waals surface area contributed by atoms with E-state index in [2.05, 4.69) is 9.72 Å². The number of hydrogen-bond acceptors (Lipinski definition) is 6. The average molecular weight is 242 g/mol. The number of esters is 1. The normalized spacial score (nSPS) is 8.71. The molecule has 0 aromatic carbocycles. The van der Waals surface area contributed by atoms with Gasteiger partial charge in [-0.15, -0.1) is 0 Å². The molecule has 17 heavy (non-hydrogen) atoms. The Kier molecular flexibility index (Phi) is 6.24. The Hall–Kier alpha value is -2.18. The van der Waals surface area contributed by atoms with Gasteiger partial charge in [-0.05, 0) is 16.0 Å². The van der Waals surface area contributed by atoms with Gasteiger partial charge in [0, 0.05) is 6.07 Å². The fourth-order valence-corrected chi connectivity index (χ4v) is 0.944. The van der Waals surface area contributed by atoms with Crippen molar-refractivity contribution in [3.8, 4) is 5.75 Å². The number of aromatic nitrogens is 1. The standard InChI is InChI=1S/C8H8N2O5.C2H6/c1-14-6-4-3-5(8(11)15-2)9-7(6)10(12)13;1-2/h3-4H,1-2H3;1-2H3. The first-order chi connectivity index (χ1) is 8.10. The van der Waals surface area contributed by atoms with Crippen LogP contribution >= 0.6 is 0 Å². The Morgan fingerprint density at radius 2 is 1.94 bits per heavy atom. The molecule has 0 saturated heterocycles. The SMILES string of the molecule is CC.COC(=O)c1ccc(OC)c([N+](=O)[O-])n1. The van der Waals surface area contributed by atoms with Gasteiger partial charge in [0.2, 0.25) is 5.75 Å². The van der Waals surface area contributed by atoms with Crippen molar-refractivity contribution in [2.75, 3.05) is 14.2 Å². The minimum absolute atomic E-state index is 0.00680. The van der Waals surface area contributed by atoms with Crippen molar-refractivity contribution in [2.45, 2.75) is 13.8 Å². The van der Waals surface area contributed by atoms with E-state index in [1.54, 1.807) is 0 Å². The van der Waals surface area contributed by atoms with Crippen LogP contribution in [0.5, 0.6) is 5.75 Å². The molecule has 94 valence electrons. The van der Waals surface area contributed by atoms with E-state index in [0.29, 0.717) is 0 Å². The molecule has 7 nitrogen and oxygen atoms in total. The molecule has 0 bridgehead atoms. The van der Waals surface area contributed by atoms with E-state index < -0.39 is 16.7 Å². The van der Waals surface area contributed by atoms with Crippen molar-refractivity contribution in [1.82, 2.24) is 4.98 Å². The van der Waals surface area contributed by atoms with E-state index in [1.807, 2.05) is 13.8 Å². The second kappa shape index (κ2) is 7.15. The first-order valence-corrected chi connectivity index (χ1v) is 4.88. The molecule has 1 aromatic heterocycles. The molecule has 1 rings (SSSR count). The molecule has 1 aromatic rings. The Bertz CT molecular complexity index is 406. The minimum atomic E-state index is -0.735. The van der Waals surface area contributed by atoms with Gasteiger partial charge in [-0.2, -0.15) is 0 Å². The summed E-state index contributed by atoms with van der Waals surface area (Å²) in [6, 6.07) is 2.58. The van der Waals surface area contributed by atoms with Gasteiger partial charge >= 0.3 is 11.8 Å². The zero-order chi connectivity index (χ0) is 13.4. The number of carbonyl (C=O) groups is 1. The number of nitrogens with zero attached hydrogens (tertiary/aromatic N) is 2. The molecule has 0 amide bonds. The second-order valence-corrected chi connectivity index (χ2v) is 2.47. The second-order valence-electron chi connectivity index (χ2n) is 2.47.